The van der Waals surface area contributed by atoms with Gasteiger partial charge in [-0.05, 0) is 18.1 Å². The molecular weight excluding hydrogens is 247 g/mol. The summed E-state index contributed by atoms with van der Waals surface area (Å²) in [5.41, 5.74) is 1.51. The molecule has 0 atom stereocenters. The lowest BCUT2D eigenvalue weighted by Gasteiger charge is -2.28. The molecule has 0 aliphatic carbocycles. The molecule has 98 valence electrons. The first kappa shape index (κ1) is 12.9. The van der Waals surface area contributed by atoms with Gasteiger partial charge in [0.1, 0.15) is 0 Å². The Hall–Kier alpha value is -1.56. The van der Waals surface area contributed by atoms with E-state index in [1.807, 2.05) is 12.1 Å². The molecule has 18 heavy (non-hydrogen) atoms. The number of carbonyl (C=O) groups excluding carboxylic acids is 1. The predicted octanol–water partition coefficient (Wildman–Crippen LogP) is 2.22. The lowest BCUT2D eigenvalue weighted by Crippen LogP contribution is -2.40. The van der Waals surface area contributed by atoms with Gasteiger partial charge in [-0.2, -0.15) is 0 Å². The molecule has 1 heterocycles. The first-order valence-corrected chi connectivity index (χ1v) is 5.55. The molecule has 0 spiro atoms. The van der Waals surface area contributed by atoms with Crippen molar-refractivity contribution in [3.05, 3.63) is 35.4 Å². The number of halogens is 3. The van der Waals surface area contributed by atoms with Gasteiger partial charge in [-0.3, -0.25) is 9.53 Å². The topological polar surface area (TPSA) is 29.5 Å². The average Bonchev–Trinajstić information content (AvgIpc) is 2.31. The number of carbonyl (C=O) groups is 1. The minimum atomic E-state index is -4.64. The fourth-order valence-electron chi connectivity index (χ4n) is 1.96. The van der Waals surface area contributed by atoms with Crippen LogP contribution in [-0.4, -0.2) is 36.9 Å². The molecule has 1 aliphatic rings. The van der Waals surface area contributed by atoms with Crippen LogP contribution in [0.1, 0.15) is 15.9 Å². The lowest BCUT2D eigenvalue weighted by atomic mass is 9.99. The summed E-state index contributed by atoms with van der Waals surface area (Å²) in [5, 5.41) is 0. The van der Waals surface area contributed by atoms with Crippen molar-refractivity contribution in [1.82, 2.24) is 4.90 Å². The van der Waals surface area contributed by atoms with Gasteiger partial charge in [-0.25, -0.2) is 0 Å². The minimum absolute atomic E-state index is 0.0489. The second-order valence-electron chi connectivity index (χ2n) is 3.99. The van der Waals surface area contributed by atoms with Gasteiger partial charge in [-0.1, -0.05) is 18.2 Å². The normalized spacial score (nSPS) is 15.7. The second-order valence-corrected chi connectivity index (χ2v) is 3.99. The van der Waals surface area contributed by atoms with E-state index >= 15 is 0 Å². The number of hydrogen-bond acceptors (Lipinski definition) is 2. The molecule has 0 saturated carbocycles. The number of benzene rings is 1. The molecule has 0 radical (unpaired) electrons. The molecule has 0 N–H and O–H groups in total. The molecule has 0 unspecified atom stereocenters. The van der Waals surface area contributed by atoms with E-state index in [2.05, 4.69) is 4.74 Å². The molecule has 0 fully saturated rings. The molecular formula is C12H12F3NO2. The van der Waals surface area contributed by atoms with Gasteiger partial charge in [0.05, 0.1) is 6.61 Å². The summed E-state index contributed by atoms with van der Waals surface area (Å²) >= 11 is 0. The maximum atomic E-state index is 12.0. The average molecular weight is 259 g/mol. The van der Waals surface area contributed by atoms with E-state index in [9.17, 15) is 18.0 Å². The Labute approximate surface area is 102 Å². The van der Waals surface area contributed by atoms with Gasteiger partial charge < -0.3 is 4.90 Å². The van der Waals surface area contributed by atoms with E-state index in [4.69, 9.17) is 0 Å². The number of hydrogen-bond donors (Lipinski definition) is 0. The monoisotopic (exact) mass is 259 g/mol. The van der Waals surface area contributed by atoms with Gasteiger partial charge in [-0.15, -0.1) is 13.2 Å². The van der Waals surface area contributed by atoms with Crippen molar-refractivity contribution in [2.75, 3.05) is 19.7 Å². The molecule has 1 aromatic carbocycles. The largest absolute Gasteiger partial charge is 0.522 e. The fourth-order valence-corrected chi connectivity index (χ4v) is 1.96. The Kier molecular flexibility index (Phi) is 3.56. The Morgan fingerprint density at radius 2 is 2.00 bits per heavy atom. The first-order chi connectivity index (χ1) is 8.47. The molecule has 1 aliphatic heterocycles. The summed E-state index contributed by atoms with van der Waals surface area (Å²) in [6, 6.07) is 7.13. The summed E-state index contributed by atoms with van der Waals surface area (Å²) in [7, 11) is 0. The predicted molar refractivity (Wildman–Crippen MR) is 58.1 cm³/mol. The summed E-state index contributed by atoms with van der Waals surface area (Å²) in [6.07, 6.45) is -3.98. The van der Waals surface area contributed by atoms with Crippen molar-refractivity contribution in [3.63, 3.8) is 0 Å². The molecule has 1 amide bonds. The van der Waals surface area contributed by atoms with Gasteiger partial charge in [0, 0.05) is 18.7 Å². The summed E-state index contributed by atoms with van der Waals surface area (Å²) < 4.78 is 39.1. The number of ether oxygens (including phenoxy) is 1. The summed E-state index contributed by atoms with van der Waals surface area (Å²) in [4.78, 5) is 13.3. The van der Waals surface area contributed by atoms with Crippen LogP contribution in [0.2, 0.25) is 0 Å². The van der Waals surface area contributed by atoms with Gasteiger partial charge in [0.2, 0.25) is 0 Å². The van der Waals surface area contributed by atoms with Gasteiger partial charge in [0.25, 0.3) is 5.91 Å². The number of amides is 1. The van der Waals surface area contributed by atoms with Gasteiger partial charge >= 0.3 is 6.36 Å². The zero-order chi connectivity index (χ0) is 13.2. The van der Waals surface area contributed by atoms with Crippen molar-refractivity contribution >= 4 is 5.91 Å². The van der Waals surface area contributed by atoms with Crippen LogP contribution < -0.4 is 0 Å². The summed E-state index contributed by atoms with van der Waals surface area (Å²) in [5.74, 6) is -0.234. The third-order valence-corrected chi connectivity index (χ3v) is 2.81. The molecule has 0 bridgehead atoms. The van der Waals surface area contributed by atoms with Crippen LogP contribution in [0.25, 0.3) is 0 Å². The zero-order valence-electron chi connectivity index (χ0n) is 9.54. The zero-order valence-corrected chi connectivity index (χ0v) is 9.54. The Morgan fingerprint density at radius 1 is 1.28 bits per heavy atom. The van der Waals surface area contributed by atoms with Crippen LogP contribution in [0.4, 0.5) is 13.2 Å². The number of rotatable bonds is 3. The molecule has 6 heteroatoms. The van der Waals surface area contributed by atoms with Crippen molar-refractivity contribution in [2.45, 2.75) is 12.8 Å². The highest BCUT2D eigenvalue weighted by Gasteiger charge is 2.30. The second kappa shape index (κ2) is 4.97. The first-order valence-electron chi connectivity index (χ1n) is 5.55. The number of nitrogens with zero attached hydrogens (tertiary/aromatic N) is 1. The smallest absolute Gasteiger partial charge is 0.336 e. The third kappa shape index (κ3) is 3.01. The molecule has 2 rings (SSSR count). The van der Waals surface area contributed by atoms with Crippen LogP contribution in [-0.2, 0) is 11.2 Å². The Bertz CT molecular complexity index is 445. The van der Waals surface area contributed by atoms with E-state index in [-0.39, 0.29) is 12.5 Å². The molecule has 3 nitrogen and oxygen atoms in total. The Balaban J connectivity index is 1.96. The van der Waals surface area contributed by atoms with Crippen LogP contribution >= 0.6 is 0 Å². The van der Waals surface area contributed by atoms with E-state index in [1.54, 1.807) is 12.1 Å². The van der Waals surface area contributed by atoms with Crippen LogP contribution in [0.3, 0.4) is 0 Å². The lowest BCUT2D eigenvalue weighted by molar-refractivity contribution is -0.324. The fraction of sp³-hybridized carbons (Fsp3) is 0.417. The van der Waals surface area contributed by atoms with Crippen molar-refractivity contribution in [3.8, 4) is 0 Å². The van der Waals surface area contributed by atoms with E-state index in [0.29, 0.717) is 18.5 Å². The van der Waals surface area contributed by atoms with E-state index in [0.717, 1.165) is 5.56 Å². The molecule has 1 aromatic rings. The Morgan fingerprint density at radius 3 is 2.72 bits per heavy atom. The highest BCUT2D eigenvalue weighted by Crippen LogP contribution is 2.19. The minimum Gasteiger partial charge on any atom is -0.336 e. The third-order valence-electron chi connectivity index (χ3n) is 2.81. The van der Waals surface area contributed by atoms with Crippen LogP contribution in [0, 0.1) is 0 Å². The quantitative estimate of drug-likeness (QED) is 0.833. The maximum Gasteiger partial charge on any atom is 0.522 e. The molecule has 0 aromatic heterocycles. The number of alkyl halides is 3. The molecule has 0 saturated heterocycles. The highest BCUT2D eigenvalue weighted by molar-refractivity contribution is 5.96. The SMILES string of the molecule is O=C1c2ccccc2CCN1CCOC(F)(F)F. The van der Waals surface area contributed by atoms with E-state index < -0.39 is 13.0 Å². The van der Waals surface area contributed by atoms with Crippen molar-refractivity contribution < 1.29 is 22.7 Å². The number of fused-ring (bicyclic) bond motifs is 1. The van der Waals surface area contributed by atoms with Crippen molar-refractivity contribution in [1.29, 1.82) is 0 Å². The van der Waals surface area contributed by atoms with E-state index in [1.165, 1.54) is 4.90 Å². The highest BCUT2D eigenvalue weighted by atomic mass is 19.4. The summed E-state index contributed by atoms with van der Waals surface area (Å²) in [6.45, 7) is -0.152. The van der Waals surface area contributed by atoms with Crippen molar-refractivity contribution in [2.24, 2.45) is 0 Å². The maximum absolute atomic E-state index is 12.0. The standard InChI is InChI=1S/C12H12F3NO2/c13-12(14,15)18-8-7-16-6-5-9-3-1-2-4-10(9)11(16)17/h1-4H,5-8H2. The van der Waals surface area contributed by atoms with Crippen LogP contribution in [0.15, 0.2) is 24.3 Å². The van der Waals surface area contributed by atoms with Gasteiger partial charge in [0.15, 0.2) is 0 Å². The van der Waals surface area contributed by atoms with Crippen LogP contribution in [0.5, 0.6) is 0 Å².